The summed E-state index contributed by atoms with van der Waals surface area (Å²) in [5.74, 6) is -0.233. The Labute approximate surface area is 182 Å². The van der Waals surface area contributed by atoms with Gasteiger partial charge in [0.2, 0.25) is 11.8 Å². The third kappa shape index (κ3) is 5.63. The van der Waals surface area contributed by atoms with Crippen molar-refractivity contribution in [3.05, 3.63) is 64.7 Å². The van der Waals surface area contributed by atoms with E-state index in [1.807, 2.05) is 50.2 Å². The highest BCUT2D eigenvalue weighted by molar-refractivity contribution is 5.95. The van der Waals surface area contributed by atoms with E-state index in [4.69, 9.17) is 4.74 Å². The second-order valence-electron chi connectivity index (χ2n) is 7.87. The molecule has 7 heteroatoms. The first-order valence-electron chi connectivity index (χ1n) is 10.4. The first-order valence-corrected chi connectivity index (χ1v) is 10.4. The monoisotopic (exact) mass is 423 g/mol. The van der Waals surface area contributed by atoms with Gasteiger partial charge in [0.25, 0.3) is 5.91 Å². The fourth-order valence-electron chi connectivity index (χ4n) is 3.87. The van der Waals surface area contributed by atoms with Crippen LogP contribution < -0.4 is 20.7 Å². The first-order chi connectivity index (χ1) is 14.9. The number of carbonyl (C=O) groups excluding carboxylic acids is 3. The van der Waals surface area contributed by atoms with Gasteiger partial charge in [-0.2, -0.15) is 0 Å². The lowest BCUT2D eigenvalue weighted by atomic mass is 10.0. The zero-order valence-electron chi connectivity index (χ0n) is 18.2. The second kappa shape index (κ2) is 10.1. The van der Waals surface area contributed by atoms with Gasteiger partial charge < -0.3 is 20.7 Å². The number of hydrogen-bond donors (Lipinski definition) is 3. The van der Waals surface area contributed by atoms with Crippen LogP contribution in [0.5, 0.6) is 5.75 Å². The predicted octanol–water partition coefficient (Wildman–Crippen LogP) is 2.43. The molecule has 31 heavy (non-hydrogen) atoms. The number of aryl methyl sites for hydroxylation is 2. The van der Waals surface area contributed by atoms with Crippen LogP contribution in [0.15, 0.2) is 42.5 Å². The van der Waals surface area contributed by atoms with Crippen LogP contribution in [0.2, 0.25) is 0 Å². The molecule has 1 saturated heterocycles. The smallest absolute Gasteiger partial charge is 0.251 e. The third-order valence-corrected chi connectivity index (χ3v) is 5.54. The van der Waals surface area contributed by atoms with Gasteiger partial charge in [-0.3, -0.25) is 14.4 Å². The molecular formula is C24H29N3O4. The summed E-state index contributed by atoms with van der Waals surface area (Å²) in [7, 11) is 1.56. The van der Waals surface area contributed by atoms with Crippen molar-refractivity contribution in [2.45, 2.75) is 32.7 Å². The third-order valence-electron chi connectivity index (χ3n) is 5.54. The van der Waals surface area contributed by atoms with E-state index < -0.39 is 6.04 Å². The SMILES string of the molecule is COc1ccccc1C(CNC(=O)c1ccc(C)cc1C)NC(=O)CC1CCNC1=O. The van der Waals surface area contributed by atoms with E-state index >= 15 is 0 Å². The molecule has 2 atom stereocenters. The van der Waals surface area contributed by atoms with Gasteiger partial charge in [-0.25, -0.2) is 0 Å². The van der Waals surface area contributed by atoms with Crippen molar-refractivity contribution in [1.29, 1.82) is 0 Å². The summed E-state index contributed by atoms with van der Waals surface area (Å²) in [5, 5.41) is 8.65. The quantitative estimate of drug-likeness (QED) is 0.608. The fourth-order valence-corrected chi connectivity index (χ4v) is 3.87. The summed E-state index contributed by atoms with van der Waals surface area (Å²) >= 11 is 0. The molecule has 0 spiro atoms. The Kier molecular flexibility index (Phi) is 7.28. The van der Waals surface area contributed by atoms with Gasteiger partial charge in [-0.15, -0.1) is 0 Å². The maximum atomic E-state index is 12.8. The van der Waals surface area contributed by atoms with E-state index in [0.717, 1.165) is 16.7 Å². The Morgan fingerprint density at radius 3 is 2.65 bits per heavy atom. The molecule has 3 amide bonds. The van der Waals surface area contributed by atoms with Crippen LogP contribution in [0.1, 0.15) is 45.9 Å². The summed E-state index contributed by atoms with van der Waals surface area (Å²) in [6, 6.07) is 12.5. The average molecular weight is 424 g/mol. The van der Waals surface area contributed by atoms with Crippen molar-refractivity contribution in [3.63, 3.8) is 0 Å². The minimum absolute atomic E-state index is 0.0906. The fraction of sp³-hybridized carbons (Fsp3) is 0.375. The van der Waals surface area contributed by atoms with Crippen LogP contribution >= 0.6 is 0 Å². The minimum atomic E-state index is -0.497. The van der Waals surface area contributed by atoms with Crippen LogP contribution in [0.25, 0.3) is 0 Å². The molecule has 1 aliphatic rings. The molecule has 0 aliphatic carbocycles. The Hall–Kier alpha value is -3.35. The van der Waals surface area contributed by atoms with E-state index in [9.17, 15) is 14.4 Å². The van der Waals surface area contributed by atoms with Gasteiger partial charge in [0.05, 0.1) is 13.2 Å². The molecule has 1 heterocycles. The van der Waals surface area contributed by atoms with Gasteiger partial charge in [-0.05, 0) is 38.0 Å². The van der Waals surface area contributed by atoms with Crippen molar-refractivity contribution in [3.8, 4) is 5.75 Å². The highest BCUT2D eigenvalue weighted by Crippen LogP contribution is 2.25. The highest BCUT2D eigenvalue weighted by atomic mass is 16.5. The molecule has 0 aromatic heterocycles. The molecule has 3 N–H and O–H groups in total. The zero-order valence-corrected chi connectivity index (χ0v) is 18.2. The Bertz CT molecular complexity index is 973. The molecule has 1 fully saturated rings. The van der Waals surface area contributed by atoms with Gasteiger partial charge in [0.15, 0.2) is 0 Å². The molecule has 7 nitrogen and oxygen atoms in total. The van der Waals surface area contributed by atoms with E-state index in [-0.39, 0.29) is 36.6 Å². The standard InChI is InChI=1S/C24H29N3O4/c1-15-8-9-18(16(2)12-15)24(30)26-14-20(19-6-4-5-7-21(19)31-3)27-22(28)13-17-10-11-25-23(17)29/h4-9,12,17,20H,10-11,13-14H2,1-3H3,(H,25,29)(H,26,30)(H,27,28). The molecule has 1 aliphatic heterocycles. The lowest BCUT2D eigenvalue weighted by molar-refractivity contribution is -0.128. The highest BCUT2D eigenvalue weighted by Gasteiger charge is 2.28. The predicted molar refractivity (Wildman–Crippen MR) is 118 cm³/mol. The lowest BCUT2D eigenvalue weighted by Crippen LogP contribution is -2.39. The van der Waals surface area contributed by atoms with Gasteiger partial charge in [-0.1, -0.05) is 35.9 Å². The number of carbonyl (C=O) groups is 3. The van der Waals surface area contributed by atoms with E-state index in [1.165, 1.54) is 0 Å². The molecular weight excluding hydrogens is 394 g/mol. The van der Waals surface area contributed by atoms with Crippen molar-refractivity contribution in [2.24, 2.45) is 5.92 Å². The molecule has 0 saturated carbocycles. The number of para-hydroxylation sites is 1. The van der Waals surface area contributed by atoms with Crippen molar-refractivity contribution < 1.29 is 19.1 Å². The number of nitrogens with one attached hydrogen (secondary N) is 3. The molecule has 3 rings (SSSR count). The first kappa shape index (κ1) is 22.3. The second-order valence-corrected chi connectivity index (χ2v) is 7.87. The molecule has 2 unspecified atom stereocenters. The number of ether oxygens (including phenoxy) is 1. The number of methoxy groups -OCH3 is 1. The van der Waals surface area contributed by atoms with Crippen molar-refractivity contribution >= 4 is 17.7 Å². The van der Waals surface area contributed by atoms with Crippen molar-refractivity contribution in [1.82, 2.24) is 16.0 Å². The molecule has 164 valence electrons. The van der Waals surface area contributed by atoms with Gasteiger partial charge in [0, 0.05) is 36.6 Å². The summed E-state index contributed by atoms with van der Waals surface area (Å²) in [4.78, 5) is 37.3. The molecule has 2 aromatic rings. The van der Waals surface area contributed by atoms with Crippen molar-refractivity contribution in [2.75, 3.05) is 20.2 Å². The maximum absolute atomic E-state index is 12.8. The Morgan fingerprint density at radius 1 is 1.19 bits per heavy atom. The van der Waals surface area contributed by atoms with Gasteiger partial charge >= 0.3 is 0 Å². The number of rotatable bonds is 8. The van der Waals surface area contributed by atoms with Crippen LogP contribution in [-0.2, 0) is 9.59 Å². The maximum Gasteiger partial charge on any atom is 0.251 e. The van der Waals surface area contributed by atoms with E-state index in [1.54, 1.807) is 13.2 Å². The average Bonchev–Trinajstić information content (AvgIpc) is 3.15. The Balaban J connectivity index is 1.74. The van der Waals surface area contributed by atoms with Crippen LogP contribution in [-0.4, -0.2) is 37.9 Å². The number of amides is 3. The lowest BCUT2D eigenvalue weighted by Gasteiger charge is -2.22. The van der Waals surface area contributed by atoms with Gasteiger partial charge in [0.1, 0.15) is 5.75 Å². The Morgan fingerprint density at radius 2 is 1.97 bits per heavy atom. The molecule has 2 aromatic carbocycles. The topological polar surface area (TPSA) is 96.5 Å². The van der Waals surface area contributed by atoms with E-state index in [2.05, 4.69) is 16.0 Å². The number of hydrogen-bond acceptors (Lipinski definition) is 4. The largest absolute Gasteiger partial charge is 0.496 e. The zero-order chi connectivity index (χ0) is 22.4. The summed E-state index contributed by atoms with van der Waals surface area (Å²) in [6.07, 6.45) is 0.761. The summed E-state index contributed by atoms with van der Waals surface area (Å²) in [5.41, 5.74) is 3.33. The van der Waals surface area contributed by atoms with Crippen LogP contribution in [0.4, 0.5) is 0 Å². The normalized spacial score (nSPS) is 16.4. The van der Waals surface area contributed by atoms with E-state index in [0.29, 0.717) is 24.3 Å². The molecule has 0 radical (unpaired) electrons. The summed E-state index contributed by atoms with van der Waals surface area (Å²) in [6.45, 7) is 4.66. The summed E-state index contributed by atoms with van der Waals surface area (Å²) < 4.78 is 5.45. The number of benzene rings is 2. The van der Waals surface area contributed by atoms with Crippen LogP contribution in [0, 0.1) is 19.8 Å². The minimum Gasteiger partial charge on any atom is -0.496 e. The molecule has 0 bridgehead atoms. The van der Waals surface area contributed by atoms with Crippen LogP contribution in [0.3, 0.4) is 0 Å².